The molecule has 0 spiro atoms. The summed E-state index contributed by atoms with van der Waals surface area (Å²) in [5.41, 5.74) is 1.69. The fourth-order valence-electron chi connectivity index (χ4n) is 1.62. The second kappa shape index (κ2) is 6.56. The summed E-state index contributed by atoms with van der Waals surface area (Å²) in [6.07, 6.45) is 6.29. The van der Waals surface area contributed by atoms with Crippen LogP contribution in [0.5, 0.6) is 0 Å². The van der Waals surface area contributed by atoms with Gasteiger partial charge in [-0.15, -0.1) is 5.10 Å². The van der Waals surface area contributed by atoms with E-state index in [2.05, 4.69) is 17.2 Å². The van der Waals surface area contributed by atoms with Crippen LogP contribution in [0.4, 0.5) is 0 Å². The number of aliphatic hydroxyl groups excluding tert-OH is 1. The van der Waals surface area contributed by atoms with Gasteiger partial charge in [-0.2, -0.15) is 0 Å². The predicted octanol–water partition coefficient (Wildman–Crippen LogP) is 2.05. The van der Waals surface area contributed by atoms with E-state index in [1.165, 1.54) is 25.7 Å². The Morgan fingerprint density at radius 2 is 1.93 bits per heavy atom. The Hall–Kier alpha value is -0.900. The number of aliphatic hydroxyl groups is 1. The van der Waals surface area contributed by atoms with E-state index in [4.69, 9.17) is 5.11 Å². The van der Waals surface area contributed by atoms with Gasteiger partial charge in [0.25, 0.3) is 0 Å². The van der Waals surface area contributed by atoms with E-state index in [1.807, 2.05) is 11.6 Å². The topological polar surface area (TPSA) is 50.9 Å². The molecule has 0 radical (unpaired) electrons. The van der Waals surface area contributed by atoms with E-state index in [9.17, 15) is 0 Å². The lowest BCUT2D eigenvalue weighted by atomic mass is 10.1. The molecule has 0 bridgehead atoms. The van der Waals surface area contributed by atoms with Crippen molar-refractivity contribution < 1.29 is 5.11 Å². The maximum atomic E-state index is 8.96. The van der Waals surface area contributed by atoms with E-state index < -0.39 is 0 Å². The molecule has 1 heterocycles. The van der Waals surface area contributed by atoms with E-state index in [0.29, 0.717) is 5.69 Å². The summed E-state index contributed by atoms with van der Waals surface area (Å²) in [4.78, 5) is 0. The summed E-state index contributed by atoms with van der Waals surface area (Å²) in [5, 5.41) is 16.9. The lowest BCUT2D eigenvalue weighted by Crippen LogP contribution is -2.03. The molecule has 0 atom stereocenters. The van der Waals surface area contributed by atoms with Crippen LogP contribution < -0.4 is 0 Å². The molecule has 1 aromatic heterocycles. The summed E-state index contributed by atoms with van der Waals surface area (Å²) in [7, 11) is 0. The molecule has 0 aromatic carbocycles. The molecule has 0 aliphatic rings. The number of hydrogen-bond acceptors (Lipinski definition) is 3. The van der Waals surface area contributed by atoms with Crippen molar-refractivity contribution in [3.8, 4) is 0 Å². The van der Waals surface area contributed by atoms with E-state index in [0.717, 1.165) is 18.7 Å². The Morgan fingerprint density at radius 3 is 2.53 bits per heavy atom. The van der Waals surface area contributed by atoms with Crippen molar-refractivity contribution in [2.75, 3.05) is 0 Å². The second-order valence-electron chi connectivity index (χ2n) is 3.92. The van der Waals surface area contributed by atoms with Crippen LogP contribution in [0.15, 0.2) is 0 Å². The first kappa shape index (κ1) is 12.2. The maximum absolute atomic E-state index is 8.96. The first-order valence-corrected chi connectivity index (χ1v) is 5.79. The van der Waals surface area contributed by atoms with Crippen LogP contribution in [-0.4, -0.2) is 20.1 Å². The zero-order valence-electron chi connectivity index (χ0n) is 9.74. The highest BCUT2D eigenvalue weighted by Crippen LogP contribution is 2.07. The molecule has 0 saturated carbocycles. The van der Waals surface area contributed by atoms with E-state index in [-0.39, 0.29) is 6.61 Å². The van der Waals surface area contributed by atoms with Gasteiger partial charge in [0.1, 0.15) is 5.69 Å². The number of nitrogens with zero attached hydrogens (tertiary/aromatic N) is 3. The monoisotopic (exact) mass is 211 g/mol. The highest BCUT2D eigenvalue weighted by atomic mass is 16.3. The molecule has 0 aliphatic carbocycles. The SMILES string of the molecule is CCCCCCCn1nnc(CO)c1C. The van der Waals surface area contributed by atoms with Crippen molar-refractivity contribution in [3.05, 3.63) is 11.4 Å². The van der Waals surface area contributed by atoms with Gasteiger partial charge < -0.3 is 5.11 Å². The van der Waals surface area contributed by atoms with Crippen molar-refractivity contribution in [1.82, 2.24) is 15.0 Å². The third kappa shape index (κ3) is 3.63. The Morgan fingerprint density at radius 1 is 1.20 bits per heavy atom. The Bertz CT molecular complexity index is 283. The van der Waals surface area contributed by atoms with Gasteiger partial charge in [-0.05, 0) is 13.3 Å². The predicted molar refractivity (Wildman–Crippen MR) is 59.4 cm³/mol. The van der Waals surface area contributed by atoms with Gasteiger partial charge in [-0.1, -0.05) is 37.8 Å². The Kier molecular flexibility index (Phi) is 5.32. The molecule has 1 rings (SSSR count). The number of aromatic nitrogens is 3. The lowest BCUT2D eigenvalue weighted by molar-refractivity contribution is 0.276. The quantitative estimate of drug-likeness (QED) is 0.702. The molecule has 0 amide bonds. The minimum atomic E-state index is -0.0122. The average Bonchev–Trinajstić information content (AvgIpc) is 2.60. The first-order chi connectivity index (χ1) is 7.29. The first-order valence-electron chi connectivity index (χ1n) is 5.79. The number of unbranched alkanes of at least 4 members (excludes halogenated alkanes) is 4. The largest absolute Gasteiger partial charge is 0.390 e. The zero-order chi connectivity index (χ0) is 11.1. The molecule has 4 heteroatoms. The Balaban J connectivity index is 2.28. The smallest absolute Gasteiger partial charge is 0.111 e. The molecule has 0 unspecified atom stereocenters. The summed E-state index contributed by atoms with van der Waals surface area (Å²) in [5.74, 6) is 0. The molecule has 0 aliphatic heterocycles. The molecule has 4 nitrogen and oxygen atoms in total. The number of hydrogen-bond donors (Lipinski definition) is 1. The summed E-state index contributed by atoms with van der Waals surface area (Å²) >= 11 is 0. The summed E-state index contributed by atoms with van der Waals surface area (Å²) in [6.45, 7) is 5.08. The minimum absolute atomic E-state index is 0.0122. The summed E-state index contributed by atoms with van der Waals surface area (Å²) < 4.78 is 1.89. The van der Waals surface area contributed by atoms with Gasteiger partial charge in [0.05, 0.1) is 12.3 Å². The third-order valence-corrected chi connectivity index (χ3v) is 2.70. The van der Waals surface area contributed by atoms with Crippen molar-refractivity contribution in [2.45, 2.75) is 59.1 Å². The summed E-state index contributed by atoms with van der Waals surface area (Å²) in [6, 6.07) is 0. The normalized spacial score (nSPS) is 10.9. The minimum Gasteiger partial charge on any atom is -0.390 e. The van der Waals surface area contributed by atoms with Crippen LogP contribution in [-0.2, 0) is 13.2 Å². The molecule has 1 aromatic rings. The molecule has 0 saturated heterocycles. The molecular formula is C11H21N3O. The molecule has 0 fully saturated rings. The second-order valence-corrected chi connectivity index (χ2v) is 3.92. The maximum Gasteiger partial charge on any atom is 0.111 e. The van der Waals surface area contributed by atoms with Crippen LogP contribution in [0.2, 0.25) is 0 Å². The van der Waals surface area contributed by atoms with Gasteiger partial charge in [-0.25, -0.2) is 4.68 Å². The molecule has 1 N–H and O–H groups in total. The highest BCUT2D eigenvalue weighted by Gasteiger charge is 2.05. The highest BCUT2D eigenvalue weighted by molar-refractivity contribution is 5.05. The standard InChI is InChI=1S/C11H21N3O/c1-3-4-5-6-7-8-14-10(2)11(9-15)12-13-14/h15H,3-9H2,1-2H3. The van der Waals surface area contributed by atoms with Gasteiger partial charge in [0, 0.05) is 6.54 Å². The van der Waals surface area contributed by atoms with Crippen LogP contribution in [0.25, 0.3) is 0 Å². The lowest BCUT2D eigenvalue weighted by Gasteiger charge is -2.03. The van der Waals surface area contributed by atoms with Gasteiger partial charge in [0.15, 0.2) is 0 Å². The van der Waals surface area contributed by atoms with Crippen molar-refractivity contribution in [3.63, 3.8) is 0 Å². The van der Waals surface area contributed by atoms with Crippen LogP contribution in [0.1, 0.15) is 50.4 Å². The van der Waals surface area contributed by atoms with Gasteiger partial charge in [0.2, 0.25) is 0 Å². The van der Waals surface area contributed by atoms with Crippen molar-refractivity contribution >= 4 is 0 Å². The third-order valence-electron chi connectivity index (χ3n) is 2.70. The van der Waals surface area contributed by atoms with E-state index >= 15 is 0 Å². The molecule has 86 valence electrons. The van der Waals surface area contributed by atoms with Gasteiger partial charge in [-0.3, -0.25) is 0 Å². The van der Waals surface area contributed by atoms with Crippen molar-refractivity contribution in [2.24, 2.45) is 0 Å². The average molecular weight is 211 g/mol. The number of aryl methyl sites for hydroxylation is 1. The fourth-order valence-corrected chi connectivity index (χ4v) is 1.62. The van der Waals surface area contributed by atoms with Gasteiger partial charge >= 0.3 is 0 Å². The van der Waals surface area contributed by atoms with Crippen molar-refractivity contribution in [1.29, 1.82) is 0 Å². The van der Waals surface area contributed by atoms with Crippen LogP contribution in [0, 0.1) is 6.92 Å². The van der Waals surface area contributed by atoms with Crippen LogP contribution in [0.3, 0.4) is 0 Å². The zero-order valence-corrected chi connectivity index (χ0v) is 9.74. The Labute approximate surface area is 91.3 Å². The van der Waals surface area contributed by atoms with Crippen LogP contribution >= 0.6 is 0 Å². The number of rotatable bonds is 7. The molecular weight excluding hydrogens is 190 g/mol. The fraction of sp³-hybridized carbons (Fsp3) is 0.818. The molecule has 15 heavy (non-hydrogen) atoms. The van der Waals surface area contributed by atoms with E-state index in [1.54, 1.807) is 0 Å².